The Hall–Kier alpha value is -3.26. The lowest BCUT2D eigenvalue weighted by molar-refractivity contribution is 0.0775. The molecule has 0 unspecified atom stereocenters. The molecule has 0 aliphatic heterocycles. The summed E-state index contributed by atoms with van der Waals surface area (Å²) in [5, 5.41) is 0. The number of aryl methyl sites for hydroxylation is 1. The van der Waals surface area contributed by atoms with Crippen LogP contribution >= 0.6 is 0 Å². The number of rotatable bonds is 7. The van der Waals surface area contributed by atoms with Crippen molar-refractivity contribution in [2.45, 2.75) is 18.4 Å². The molecule has 0 fully saturated rings. The minimum absolute atomic E-state index is 0.0468. The first-order valence-corrected chi connectivity index (χ1v) is 10.3. The molecule has 8 heteroatoms. The van der Waals surface area contributed by atoms with Crippen LogP contribution in [0.3, 0.4) is 0 Å². The number of hydrogen-bond donors (Lipinski definition) is 1. The zero-order valence-corrected chi connectivity index (χ0v) is 17.2. The summed E-state index contributed by atoms with van der Waals surface area (Å²) in [5.41, 5.74) is 1.22. The van der Waals surface area contributed by atoms with E-state index in [4.69, 9.17) is 9.15 Å². The summed E-state index contributed by atoms with van der Waals surface area (Å²) in [6, 6.07) is 14.7. The molecule has 0 aliphatic carbocycles. The molecule has 0 saturated carbocycles. The molecule has 0 radical (unpaired) electrons. The fraction of sp³-hybridized carbons (Fsp3) is 0.190. The second-order valence-electron chi connectivity index (χ2n) is 6.55. The summed E-state index contributed by atoms with van der Waals surface area (Å²) < 4.78 is 38.7. The van der Waals surface area contributed by atoms with Crippen LogP contribution in [-0.2, 0) is 16.6 Å². The van der Waals surface area contributed by atoms with Gasteiger partial charge < -0.3 is 14.1 Å². The Morgan fingerprint density at radius 1 is 1.14 bits per heavy atom. The van der Waals surface area contributed by atoms with Crippen LogP contribution in [0.4, 0.5) is 5.69 Å². The molecule has 1 N–H and O–H groups in total. The molecule has 1 heterocycles. The molecule has 7 nitrogen and oxygen atoms in total. The third-order valence-electron chi connectivity index (χ3n) is 4.39. The van der Waals surface area contributed by atoms with E-state index in [1.807, 2.05) is 0 Å². The van der Waals surface area contributed by atoms with Crippen molar-refractivity contribution in [3.63, 3.8) is 0 Å². The van der Waals surface area contributed by atoms with Crippen LogP contribution < -0.4 is 9.46 Å². The van der Waals surface area contributed by atoms with E-state index in [0.717, 1.165) is 0 Å². The zero-order chi connectivity index (χ0) is 21.0. The van der Waals surface area contributed by atoms with Crippen molar-refractivity contribution >= 4 is 21.6 Å². The maximum atomic E-state index is 12.9. The van der Waals surface area contributed by atoms with Gasteiger partial charge in [-0.15, -0.1) is 0 Å². The van der Waals surface area contributed by atoms with Gasteiger partial charge in [0.25, 0.3) is 15.9 Å². The van der Waals surface area contributed by atoms with E-state index in [2.05, 4.69) is 4.72 Å². The molecular weight excluding hydrogens is 392 g/mol. The fourth-order valence-electron chi connectivity index (χ4n) is 2.82. The van der Waals surface area contributed by atoms with Crippen molar-refractivity contribution in [3.05, 3.63) is 77.7 Å². The average Bonchev–Trinajstić information content (AvgIpc) is 3.21. The number of methoxy groups -OCH3 is 1. The molecule has 0 saturated heterocycles. The van der Waals surface area contributed by atoms with Gasteiger partial charge in [0.05, 0.1) is 24.8 Å². The van der Waals surface area contributed by atoms with Crippen LogP contribution in [0.2, 0.25) is 0 Å². The maximum absolute atomic E-state index is 12.9. The van der Waals surface area contributed by atoms with E-state index in [9.17, 15) is 13.2 Å². The minimum Gasteiger partial charge on any atom is -0.497 e. The molecule has 1 aromatic heterocycles. The van der Waals surface area contributed by atoms with Gasteiger partial charge >= 0.3 is 0 Å². The van der Waals surface area contributed by atoms with E-state index < -0.39 is 10.0 Å². The third-order valence-corrected chi connectivity index (χ3v) is 5.91. The van der Waals surface area contributed by atoms with Crippen molar-refractivity contribution in [1.82, 2.24) is 4.90 Å². The van der Waals surface area contributed by atoms with Gasteiger partial charge in [0.2, 0.25) is 0 Å². The van der Waals surface area contributed by atoms with Crippen LogP contribution in [0.15, 0.2) is 70.2 Å². The Bertz CT molecular complexity index is 1090. The first kappa shape index (κ1) is 20.5. The van der Waals surface area contributed by atoms with Gasteiger partial charge in [-0.25, -0.2) is 8.42 Å². The smallest absolute Gasteiger partial charge is 0.262 e. The lowest BCUT2D eigenvalue weighted by Crippen LogP contribution is -2.26. The Morgan fingerprint density at radius 3 is 2.48 bits per heavy atom. The number of ether oxygens (including phenoxy) is 1. The Morgan fingerprint density at radius 2 is 1.86 bits per heavy atom. The number of carbonyl (C=O) groups excluding carboxylic acids is 1. The van der Waals surface area contributed by atoms with Crippen molar-refractivity contribution in [2.75, 3.05) is 18.9 Å². The molecule has 0 bridgehead atoms. The number of nitrogens with zero attached hydrogens (tertiary/aromatic N) is 1. The normalized spacial score (nSPS) is 11.1. The second kappa shape index (κ2) is 8.40. The van der Waals surface area contributed by atoms with Crippen LogP contribution in [0, 0.1) is 6.92 Å². The Labute approximate surface area is 170 Å². The van der Waals surface area contributed by atoms with Crippen LogP contribution in [-0.4, -0.2) is 33.4 Å². The van der Waals surface area contributed by atoms with Gasteiger partial charge in [0.1, 0.15) is 11.5 Å². The van der Waals surface area contributed by atoms with Crippen LogP contribution in [0.25, 0.3) is 0 Å². The highest BCUT2D eigenvalue weighted by Gasteiger charge is 2.21. The average molecular weight is 414 g/mol. The highest BCUT2D eigenvalue weighted by atomic mass is 32.2. The highest BCUT2D eigenvalue weighted by Crippen LogP contribution is 2.23. The fourth-order valence-corrected chi connectivity index (χ4v) is 4.15. The topological polar surface area (TPSA) is 88.8 Å². The SMILES string of the molecule is COc1ccc(NS(=O)(=O)c2cc(C(=O)N(C)Cc3ccco3)ccc2C)cc1. The third kappa shape index (κ3) is 4.78. The Kier molecular flexibility index (Phi) is 5.93. The lowest BCUT2D eigenvalue weighted by atomic mass is 10.1. The van der Waals surface area contributed by atoms with Crippen LogP contribution in [0.5, 0.6) is 5.75 Å². The summed E-state index contributed by atoms with van der Waals surface area (Å²) >= 11 is 0. The van der Waals surface area contributed by atoms with E-state index >= 15 is 0 Å². The lowest BCUT2D eigenvalue weighted by Gasteiger charge is -2.17. The summed E-state index contributed by atoms with van der Waals surface area (Å²) in [4.78, 5) is 14.3. The number of furan rings is 1. The monoisotopic (exact) mass is 414 g/mol. The van der Waals surface area contributed by atoms with E-state index in [1.54, 1.807) is 62.5 Å². The molecule has 0 spiro atoms. The number of nitrogens with one attached hydrogen (secondary N) is 1. The van der Waals surface area contributed by atoms with Gasteiger partial charge in [0, 0.05) is 18.3 Å². The summed E-state index contributed by atoms with van der Waals surface area (Å²) in [5.74, 6) is 0.959. The molecule has 1 amide bonds. The number of anilines is 1. The molecule has 0 aliphatic rings. The zero-order valence-electron chi connectivity index (χ0n) is 16.4. The summed E-state index contributed by atoms with van der Waals surface area (Å²) in [6.45, 7) is 1.97. The summed E-state index contributed by atoms with van der Waals surface area (Å²) in [7, 11) is -0.706. The van der Waals surface area contributed by atoms with Crippen molar-refractivity contribution < 1.29 is 22.4 Å². The molecule has 3 rings (SSSR count). The number of benzene rings is 2. The van der Waals surface area contributed by atoms with E-state index in [-0.39, 0.29) is 22.9 Å². The standard InChI is InChI=1S/C21H22N2O5S/c1-15-6-7-16(21(24)23(2)14-19-5-4-12-28-19)13-20(15)29(25,26)22-17-8-10-18(27-3)11-9-17/h4-13,22H,14H2,1-3H3. The van der Waals surface area contributed by atoms with Gasteiger partial charge in [0.15, 0.2) is 0 Å². The Balaban J connectivity index is 1.84. The number of amides is 1. The predicted octanol–water partition coefficient (Wildman–Crippen LogP) is 3.67. The highest BCUT2D eigenvalue weighted by molar-refractivity contribution is 7.92. The van der Waals surface area contributed by atoms with E-state index in [1.165, 1.54) is 24.3 Å². The molecule has 2 aromatic carbocycles. The predicted molar refractivity (Wildman–Crippen MR) is 109 cm³/mol. The van der Waals surface area contributed by atoms with Crippen molar-refractivity contribution in [2.24, 2.45) is 0 Å². The number of sulfonamides is 1. The molecule has 29 heavy (non-hydrogen) atoms. The summed E-state index contributed by atoms with van der Waals surface area (Å²) in [6.07, 6.45) is 1.54. The molecule has 3 aromatic rings. The van der Waals surface area contributed by atoms with Crippen molar-refractivity contribution in [1.29, 1.82) is 0 Å². The quantitative estimate of drug-likeness (QED) is 0.637. The van der Waals surface area contributed by atoms with Crippen LogP contribution in [0.1, 0.15) is 21.7 Å². The van der Waals surface area contributed by atoms with E-state index in [0.29, 0.717) is 22.8 Å². The number of hydrogen-bond acceptors (Lipinski definition) is 5. The second-order valence-corrected chi connectivity index (χ2v) is 8.21. The van der Waals surface area contributed by atoms with Gasteiger partial charge in [-0.05, 0) is 61.0 Å². The largest absolute Gasteiger partial charge is 0.497 e. The first-order valence-electron chi connectivity index (χ1n) is 8.85. The van der Waals surface area contributed by atoms with Crippen molar-refractivity contribution in [3.8, 4) is 5.75 Å². The molecule has 0 atom stereocenters. The first-order chi connectivity index (χ1) is 13.8. The van der Waals surface area contributed by atoms with Gasteiger partial charge in [-0.1, -0.05) is 6.07 Å². The van der Waals surface area contributed by atoms with Gasteiger partial charge in [-0.2, -0.15) is 0 Å². The molecular formula is C21H22N2O5S. The maximum Gasteiger partial charge on any atom is 0.262 e. The minimum atomic E-state index is -3.88. The van der Waals surface area contributed by atoms with Gasteiger partial charge in [-0.3, -0.25) is 9.52 Å². The number of carbonyl (C=O) groups is 1. The molecule has 152 valence electrons.